The van der Waals surface area contributed by atoms with Crippen molar-refractivity contribution in [3.63, 3.8) is 0 Å². The Hall–Kier alpha value is -9.40. The Balaban J connectivity index is 1.28. The molecular weight excluding hydrogens is 1150 g/mol. The fourth-order valence-corrected chi connectivity index (χ4v) is 10.1. The lowest BCUT2D eigenvalue weighted by Gasteiger charge is -2.22. The van der Waals surface area contributed by atoms with Gasteiger partial charge in [0.2, 0.25) is 0 Å². The number of halogens is 18. The third kappa shape index (κ3) is 11.5. The third-order valence-corrected chi connectivity index (χ3v) is 14.1. The molecule has 0 aliphatic rings. The molecule has 0 saturated heterocycles. The second-order valence-corrected chi connectivity index (χ2v) is 19.7. The van der Waals surface area contributed by atoms with Crippen molar-refractivity contribution in [1.29, 1.82) is 0 Å². The minimum Gasteiger partial charge on any atom is -0.308 e. The van der Waals surface area contributed by atoms with Gasteiger partial charge in [-0.15, -0.1) is 0 Å². The van der Waals surface area contributed by atoms with Gasteiger partial charge in [0, 0.05) is 38.6 Å². The highest BCUT2D eigenvalue weighted by atomic mass is 19.4. The largest absolute Gasteiger partial charge is 0.416 e. The number of aromatic nitrogens is 3. The molecule has 9 aromatic carbocycles. The van der Waals surface area contributed by atoms with E-state index >= 15 is 0 Å². The summed E-state index contributed by atoms with van der Waals surface area (Å²) in [7, 11) is 0. The number of benzene rings is 9. The van der Waals surface area contributed by atoms with Gasteiger partial charge in [0.15, 0.2) is 5.82 Å². The van der Waals surface area contributed by atoms with Crippen LogP contribution in [0.1, 0.15) is 33.4 Å². The first-order valence-corrected chi connectivity index (χ1v) is 25.1. The quantitative estimate of drug-likeness (QED) is 0.142. The first-order chi connectivity index (χ1) is 39.9. The van der Waals surface area contributed by atoms with Crippen molar-refractivity contribution in [2.24, 2.45) is 0 Å². The average molecular weight is 1190 g/mol. The van der Waals surface area contributed by atoms with Gasteiger partial charge in [-0.3, -0.25) is 0 Å². The Kier molecular flexibility index (Phi) is 14.0. The highest BCUT2D eigenvalue weighted by molar-refractivity contribution is 6.13. The maximum Gasteiger partial charge on any atom is 0.416 e. The summed E-state index contributed by atoms with van der Waals surface area (Å²) in [5, 5.41) is -0.203. The first kappa shape index (κ1) is 57.4. The SMILES string of the molecule is FC(F)(F)c1ccc(-c2cc(-c3nc(-c4ccccc4)cc(-c4ccccc4)n3)cc(-c3ccc(C(F)(F)F)cc3)c2-n2c3ccc(-c4cc(C(F)(F)F)cc(C(F)(F)F)c4)cc3c3cc(-c4cc(C(F)(F)F)cc(C(F)(F)F)c4)ccc32)cc1. The summed E-state index contributed by atoms with van der Waals surface area (Å²) in [5.41, 5.74) is -8.90. The van der Waals surface area contributed by atoms with E-state index in [0.717, 1.165) is 72.8 Å². The van der Waals surface area contributed by atoms with Gasteiger partial charge in [-0.1, -0.05) is 97.1 Å². The molecule has 0 radical (unpaired) electrons. The Labute approximate surface area is 468 Å². The molecule has 11 aromatic rings. The molecule has 0 atom stereocenters. The molecule has 0 bridgehead atoms. The van der Waals surface area contributed by atoms with Crippen LogP contribution in [0.25, 0.3) is 106 Å². The molecule has 0 spiro atoms. The van der Waals surface area contributed by atoms with Crippen LogP contribution in [0, 0.1) is 0 Å². The molecule has 11 rings (SSSR count). The molecule has 0 saturated carbocycles. The van der Waals surface area contributed by atoms with E-state index in [1.807, 2.05) is 0 Å². The van der Waals surface area contributed by atoms with E-state index in [9.17, 15) is 79.0 Å². The maximum atomic E-state index is 14.3. The van der Waals surface area contributed by atoms with Crippen LogP contribution in [0.5, 0.6) is 0 Å². The maximum absolute atomic E-state index is 14.3. The van der Waals surface area contributed by atoms with E-state index < -0.39 is 81.6 Å². The monoisotopic (exact) mass is 1190 g/mol. The topological polar surface area (TPSA) is 30.7 Å². The lowest BCUT2D eigenvalue weighted by Crippen LogP contribution is -2.11. The van der Waals surface area contributed by atoms with Gasteiger partial charge < -0.3 is 4.57 Å². The lowest BCUT2D eigenvalue weighted by molar-refractivity contribution is -0.144. The van der Waals surface area contributed by atoms with Gasteiger partial charge in [0.1, 0.15) is 0 Å². The number of fused-ring (bicyclic) bond motifs is 3. The van der Waals surface area contributed by atoms with Gasteiger partial charge in [-0.25, -0.2) is 9.97 Å². The molecule has 0 unspecified atom stereocenters. The van der Waals surface area contributed by atoms with E-state index in [1.54, 1.807) is 66.7 Å². The van der Waals surface area contributed by atoms with E-state index in [1.165, 1.54) is 28.8 Å². The summed E-state index contributed by atoms with van der Waals surface area (Å²) in [5.74, 6) is -0.0109. The molecule has 0 N–H and O–H groups in total. The van der Waals surface area contributed by atoms with Crippen LogP contribution in [-0.4, -0.2) is 14.5 Å². The van der Waals surface area contributed by atoms with Gasteiger partial charge >= 0.3 is 37.1 Å². The summed E-state index contributed by atoms with van der Waals surface area (Å²) >= 11 is 0. The van der Waals surface area contributed by atoms with Gasteiger partial charge in [0.05, 0.1) is 61.5 Å². The minimum absolute atomic E-state index is 0.00319. The summed E-state index contributed by atoms with van der Waals surface area (Å²) in [6.45, 7) is 0. The van der Waals surface area contributed by atoms with Crippen molar-refractivity contribution >= 4 is 21.8 Å². The van der Waals surface area contributed by atoms with Crippen molar-refractivity contribution in [3.8, 4) is 84.1 Å². The number of hydrogen-bond acceptors (Lipinski definition) is 2. The Morgan fingerprint density at radius 2 is 0.565 bits per heavy atom. The molecule has 3 nitrogen and oxygen atoms in total. The van der Waals surface area contributed by atoms with E-state index in [4.69, 9.17) is 9.97 Å². The normalized spacial score (nSPS) is 12.8. The Bertz CT molecular complexity index is 4010. The molecule has 0 fully saturated rings. The molecule has 85 heavy (non-hydrogen) atoms. The number of alkyl halides is 18. The fourth-order valence-electron chi connectivity index (χ4n) is 10.1. The van der Waals surface area contributed by atoms with Crippen LogP contribution in [0.2, 0.25) is 0 Å². The minimum atomic E-state index is -5.32. The standard InChI is InChI=1S/C64H33F18N3/c65-59(66,67)43-17-11-34(12-18-43)49-29-42(58-83-53(36-7-3-1-4-8-36)33-54(84-58)37-9-5-2-6-10-37)30-50(35-13-19-44(20-14-35)60(68,69)70)57(49)85-55-21-15-38(40-23-45(61(71,72)73)31-46(24-40)62(74,75)76)27-51(55)52-28-39(16-22-56(52)85)41-25-47(63(77,78)79)32-48(26-41)64(80,81)82/h1-33H. The molecule has 0 aliphatic heterocycles. The van der Waals surface area contributed by atoms with Gasteiger partial charge in [0.25, 0.3) is 0 Å². The zero-order valence-corrected chi connectivity index (χ0v) is 42.7. The van der Waals surface area contributed by atoms with E-state index in [-0.39, 0.29) is 84.4 Å². The van der Waals surface area contributed by atoms with Crippen LogP contribution in [0.3, 0.4) is 0 Å². The van der Waals surface area contributed by atoms with Crippen LogP contribution < -0.4 is 0 Å². The lowest BCUT2D eigenvalue weighted by atomic mass is 9.91. The van der Waals surface area contributed by atoms with Gasteiger partial charge in [-0.05, 0) is 137 Å². The molecule has 0 amide bonds. The van der Waals surface area contributed by atoms with Crippen molar-refractivity contribution in [2.45, 2.75) is 37.1 Å². The molecule has 0 aliphatic carbocycles. The molecule has 21 heteroatoms. The number of nitrogens with zero attached hydrogens (tertiary/aromatic N) is 3. The summed E-state index contributed by atoms with van der Waals surface area (Å²) < 4.78 is 259. The second kappa shape index (κ2) is 20.7. The highest BCUT2D eigenvalue weighted by Crippen LogP contribution is 2.48. The zero-order chi connectivity index (χ0) is 60.8. The van der Waals surface area contributed by atoms with E-state index in [0.29, 0.717) is 46.8 Å². The zero-order valence-electron chi connectivity index (χ0n) is 42.7. The Morgan fingerprint density at radius 3 is 0.882 bits per heavy atom. The second-order valence-electron chi connectivity index (χ2n) is 19.7. The predicted octanol–water partition coefficient (Wildman–Crippen LogP) is 21.4. The summed E-state index contributed by atoms with van der Waals surface area (Å²) in [6.07, 6.45) is -31.0. The smallest absolute Gasteiger partial charge is 0.308 e. The van der Waals surface area contributed by atoms with Crippen molar-refractivity contribution in [2.75, 3.05) is 0 Å². The summed E-state index contributed by atoms with van der Waals surface area (Å²) in [6, 6.07) is 38.1. The summed E-state index contributed by atoms with van der Waals surface area (Å²) in [4.78, 5) is 9.84. The van der Waals surface area contributed by atoms with Gasteiger partial charge in [-0.2, -0.15) is 79.0 Å². The van der Waals surface area contributed by atoms with Crippen LogP contribution >= 0.6 is 0 Å². The van der Waals surface area contributed by atoms with Crippen LogP contribution in [0.4, 0.5) is 79.0 Å². The van der Waals surface area contributed by atoms with Crippen molar-refractivity contribution < 1.29 is 79.0 Å². The highest BCUT2D eigenvalue weighted by Gasteiger charge is 2.39. The predicted molar refractivity (Wildman–Crippen MR) is 284 cm³/mol. The average Bonchev–Trinajstić information content (AvgIpc) is 1.75. The van der Waals surface area contributed by atoms with Crippen molar-refractivity contribution in [3.05, 3.63) is 234 Å². The molecular formula is C64H33F18N3. The van der Waals surface area contributed by atoms with Crippen LogP contribution in [-0.2, 0) is 37.1 Å². The number of rotatable bonds is 8. The molecule has 430 valence electrons. The van der Waals surface area contributed by atoms with Crippen molar-refractivity contribution in [1.82, 2.24) is 14.5 Å². The van der Waals surface area contributed by atoms with Crippen LogP contribution in [0.15, 0.2) is 200 Å². The number of hydrogen-bond donors (Lipinski definition) is 0. The molecule has 2 heterocycles. The van der Waals surface area contributed by atoms with E-state index in [2.05, 4.69) is 0 Å². The fraction of sp³-hybridized carbons (Fsp3) is 0.0938. The Morgan fingerprint density at radius 1 is 0.247 bits per heavy atom. The third-order valence-electron chi connectivity index (χ3n) is 14.1. The molecule has 2 aromatic heterocycles. The first-order valence-electron chi connectivity index (χ1n) is 25.1.